The summed E-state index contributed by atoms with van der Waals surface area (Å²) in [5.74, 6) is -0.0307. The molecule has 140 valence electrons. The summed E-state index contributed by atoms with van der Waals surface area (Å²) >= 11 is 7.82. The summed E-state index contributed by atoms with van der Waals surface area (Å²) in [7, 11) is 0. The van der Waals surface area contributed by atoms with E-state index >= 15 is 0 Å². The summed E-state index contributed by atoms with van der Waals surface area (Å²) in [6, 6.07) is 11.2. The van der Waals surface area contributed by atoms with Gasteiger partial charge in [-0.25, -0.2) is 9.97 Å². The lowest BCUT2D eigenvalue weighted by Gasteiger charge is -2.34. The first-order valence-corrected chi connectivity index (χ1v) is 10.2. The van der Waals surface area contributed by atoms with Crippen LogP contribution in [0.1, 0.15) is 10.4 Å². The predicted molar refractivity (Wildman–Crippen MR) is 112 cm³/mol. The van der Waals surface area contributed by atoms with Crippen molar-refractivity contribution in [3.8, 4) is 0 Å². The molecule has 5 rings (SSSR count). The number of hydrogen-bond acceptors (Lipinski definition) is 6. The van der Waals surface area contributed by atoms with Crippen molar-refractivity contribution in [2.45, 2.75) is 0 Å². The minimum absolute atomic E-state index is 0.0307. The smallest absolute Gasteiger partial charge is 0.256 e. The fourth-order valence-electron chi connectivity index (χ4n) is 3.48. The Morgan fingerprint density at radius 1 is 1.04 bits per heavy atom. The monoisotopic (exact) mass is 409 g/mol. The number of aromatic nitrogens is 3. The van der Waals surface area contributed by atoms with Crippen LogP contribution in [-0.4, -0.2) is 51.9 Å². The van der Waals surface area contributed by atoms with Crippen LogP contribution >= 0.6 is 22.9 Å². The quantitative estimate of drug-likeness (QED) is 0.503. The van der Waals surface area contributed by atoms with Crippen LogP contribution < -0.4 is 4.90 Å². The van der Waals surface area contributed by atoms with E-state index in [4.69, 9.17) is 11.6 Å². The van der Waals surface area contributed by atoms with Crippen LogP contribution in [0.4, 0.5) is 5.13 Å². The van der Waals surface area contributed by atoms with E-state index in [1.165, 1.54) is 0 Å². The minimum atomic E-state index is -0.0307. The van der Waals surface area contributed by atoms with Gasteiger partial charge in [-0.15, -0.1) is 0 Å². The maximum atomic E-state index is 13.1. The Bertz CT molecular complexity index is 1150. The molecule has 0 unspecified atom stereocenters. The van der Waals surface area contributed by atoms with Crippen LogP contribution in [0.3, 0.4) is 0 Å². The highest BCUT2D eigenvalue weighted by molar-refractivity contribution is 7.21. The number of carbonyl (C=O) groups is 1. The van der Waals surface area contributed by atoms with E-state index in [0.29, 0.717) is 29.2 Å². The molecule has 0 bridgehead atoms. The number of anilines is 1. The SMILES string of the molecule is O=C(c1cc(Cl)cc2cccnc12)N1CCN(c2nc3cccnc3s2)CC1. The van der Waals surface area contributed by atoms with Gasteiger partial charge in [-0.2, -0.15) is 0 Å². The number of carbonyl (C=O) groups excluding carboxylic acids is 1. The minimum Gasteiger partial charge on any atom is -0.344 e. The number of thiazole rings is 1. The van der Waals surface area contributed by atoms with Crippen molar-refractivity contribution in [1.29, 1.82) is 0 Å². The molecule has 4 heterocycles. The number of piperazine rings is 1. The summed E-state index contributed by atoms with van der Waals surface area (Å²) in [4.78, 5) is 31.6. The molecule has 1 fully saturated rings. The number of rotatable bonds is 2. The van der Waals surface area contributed by atoms with Crippen molar-refractivity contribution in [2.75, 3.05) is 31.1 Å². The van der Waals surface area contributed by atoms with Gasteiger partial charge in [0.25, 0.3) is 5.91 Å². The van der Waals surface area contributed by atoms with Gasteiger partial charge < -0.3 is 9.80 Å². The third-order valence-corrected chi connectivity index (χ3v) is 6.15. The van der Waals surface area contributed by atoms with Crippen molar-refractivity contribution in [3.63, 3.8) is 0 Å². The molecule has 1 saturated heterocycles. The van der Waals surface area contributed by atoms with Crippen LogP contribution in [0, 0.1) is 0 Å². The number of fused-ring (bicyclic) bond motifs is 2. The molecule has 1 aromatic carbocycles. The normalized spacial score (nSPS) is 14.8. The highest BCUT2D eigenvalue weighted by atomic mass is 35.5. The molecule has 0 spiro atoms. The molecule has 1 amide bonds. The van der Waals surface area contributed by atoms with Crippen molar-refractivity contribution < 1.29 is 4.79 Å². The molecule has 28 heavy (non-hydrogen) atoms. The van der Waals surface area contributed by atoms with Crippen molar-refractivity contribution in [3.05, 3.63) is 59.4 Å². The van der Waals surface area contributed by atoms with Crippen LogP contribution in [0.2, 0.25) is 5.02 Å². The van der Waals surface area contributed by atoms with E-state index in [1.807, 2.05) is 35.2 Å². The summed E-state index contributed by atoms with van der Waals surface area (Å²) in [5.41, 5.74) is 2.16. The predicted octanol–water partition coefficient (Wildman–Crippen LogP) is 3.86. The van der Waals surface area contributed by atoms with E-state index in [9.17, 15) is 4.79 Å². The maximum absolute atomic E-state index is 13.1. The molecule has 0 atom stereocenters. The Labute approximate surface area is 170 Å². The average molecular weight is 410 g/mol. The van der Waals surface area contributed by atoms with E-state index < -0.39 is 0 Å². The Balaban J connectivity index is 1.36. The first kappa shape index (κ1) is 17.3. The number of halogens is 1. The number of benzene rings is 1. The van der Waals surface area contributed by atoms with Gasteiger partial charge in [0.15, 0.2) is 5.13 Å². The molecular weight excluding hydrogens is 394 g/mol. The van der Waals surface area contributed by atoms with Gasteiger partial charge in [-0.05, 0) is 30.3 Å². The summed E-state index contributed by atoms with van der Waals surface area (Å²) in [6.07, 6.45) is 3.48. The third-order valence-electron chi connectivity index (χ3n) is 4.89. The maximum Gasteiger partial charge on any atom is 0.256 e. The van der Waals surface area contributed by atoms with Crippen molar-refractivity contribution >= 4 is 55.2 Å². The summed E-state index contributed by atoms with van der Waals surface area (Å²) < 4.78 is 0. The lowest BCUT2D eigenvalue weighted by Crippen LogP contribution is -2.48. The Morgan fingerprint density at radius 2 is 1.82 bits per heavy atom. The van der Waals surface area contributed by atoms with Crippen LogP contribution in [0.25, 0.3) is 21.3 Å². The van der Waals surface area contributed by atoms with Gasteiger partial charge in [0.05, 0.1) is 11.1 Å². The van der Waals surface area contributed by atoms with Crippen LogP contribution in [0.15, 0.2) is 48.8 Å². The molecular formula is C20H16ClN5OS. The molecule has 0 aliphatic carbocycles. The number of amides is 1. The topological polar surface area (TPSA) is 62.2 Å². The second-order valence-corrected chi connectivity index (χ2v) is 8.02. The second-order valence-electron chi connectivity index (χ2n) is 6.63. The lowest BCUT2D eigenvalue weighted by molar-refractivity contribution is 0.0748. The second kappa shape index (κ2) is 7.00. The van der Waals surface area contributed by atoms with Crippen LogP contribution in [0.5, 0.6) is 0 Å². The molecule has 8 heteroatoms. The van der Waals surface area contributed by atoms with Gasteiger partial charge in [-0.3, -0.25) is 9.78 Å². The Kier molecular flexibility index (Phi) is 4.33. The number of hydrogen-bond donors (Lipinski definition) is 0. The molecule has 6 nitrogen and oxygen atoms in total. The van der Waals surface area contributed by atoms with Gasteiger partial charge >= 0.3 is 0 Å². The molecule has 0 N–H and O–H groups in total. The lowest BCUT2D eigenvalue weighted by atomic mass is 10.1. The molecule has 3 aromatic heterocycles. The standard InChI is InChI=1S/C20H16ClN5OS/c21-14-11-13-3-1-5-22-17(13)15(12-14)19(27)25-7-9-26(10-8-25)20-24-16-4-2-6-23-18(16)28-20/h1-6,11-12H,7-10H2. The highest BCUT2D eigenvalue weighted by Gasteiger charge is 2.25. The average Bonchev–Trinajstić information content (AvgIpc) is 3.17. The van der Waals surface area contributed by atoms with E-state index in [0.717, 1.165) is 34.0 Å². The zero-order chi connectivity index (χ0) is 19.1. The van der Waals surface area contributed by atoms with E-state index in [-0.39, 0.29) is 5.91 Å². The number of pyridine rings is 2. The summed E-state index contributed by atoms with van der Waals surface area (Å²) in [5, 5.41) is 2.37. The molecule has 0 radical (unpaired) electrons. The zero-order valence-corrected chi connectivity index (χ0v) is 16.5. The van der Waals surface area contributed by atoms with Crippen molar-refractivity contribution in [2.24, 2.45) is 0 Å². The third kappa shape index (κ3) is 3.06. The van der Waals surface area contributed by atoms with Gasteiger partial charge in [0, 0.05) is 49.0 Å². The molecule has 4 aromatic rings. The van der Waals surface area contributed by atoms with E-state index in [2.05, 4.69) is 19.9 Å². The fourth-order valence-corrected chi connectivity index (χ4v) is 4.67. The molecule has 1 aliphatic rings. The first-order chi connectivity index (χ1) is 13.7. The van der Waals surface area contributed by atoms with Crippen LogP contribution in [-0.2, 0) is 0 Å². The Hall–Kier alpha value is -2.77. The fraction of sp³-hybridized carbons (Fsp3) is 0.200. The first-order valence-electron chi connectivity index (χ1n) is 8.99. The highest BCUT2D eigenvalue weighted by Crippen LogP contribution is 2.28. The summed E-state index contributed by atoms with van der Waals surface area (Å²) in [6.45, 7) is 2.72. The molecule has 0 saturated carbocycles. The number of nitrogens with zero attached hydrogens (tertiary/aromatic N) is 5. The largest absolute Gasteiger partial charge is 0.344 e. The Morgan fingerprint density at radius 3 is 2.64 bits per heavy atom. The molecule has 1 aliphatic heterocycles. The van der Waals surface area contributed by atoms with Gasteiger partial charge in [0.2, 0.25) is 0 Å². The van der Waals surface area contributed by atoms with E-state index in [1.54, 1.807) is 29.8 Å². The zero-order valence-electron chi connectivity index (χ0n) is 14.9. The van der Waals surface area contributed by atoms with Gasteiger partial charge in [0.1, 0.15) is 10.3 Å². The van der Waals surface area contributed by atoms with Gasteiger partial charge in [-0.1, -0.05) is 29.0 Å². The van der Waals surface area contributed by atoms with Crippen molar-refractivity contribution in [1.82, 2.24) is 19.9 Å².